The van der Waals surface area contributed by atoms with Gasteiger partial charge in [0.05, 0.1) is 0 Å². The van der Waals surface area contributed by atoms with Crippen molar-refractivity contribution in [1.29, 1.82) is 0 Å². The molecule has 1 aromatic rings. The molecule has 1 N–H and O–H groups in total. The zero-order chi connectivity index (χ0) is 12.5. The molecular weight excluding hydrogens is 332 g/mol. The highest BCUT2D eigenvalue weighted by Gasteiger charge is 2.33. The molecular formula is C13H18BrClN2S. The van der Waals surface area contributed by atoms with Crippen molar-refractivity contribution < 1.29 is 0 Å². The van der Waals surface area contributed by atoms with Gasteiger partial charge in [0.25, 0.3) is 0 Å². The first-order chi connectivity index (χ1) is 8.74. The Morgan fingerprint density at radius 2 is 2.33 bits per heavy atom. The van der Waals surface area contributed by atoms with Crippen LogP contribution in [0.5, 0.6) is 0 Å². The van der Waals surface area contributed by atoms with Crippen LogP contribution in [-0.4, -0.2) is 30.1 Å². The lowest BCUT2D eigenvalue weighted by molar-refractivity contribution is 0.208. The number of nitrogens with zero attached hydrogens (tertiary/aromatic N) is 1. The second-order valence-electron chi connectivity index (χ2n) is 5.22. The smallest absolute Gasteiger partial charge is 0.107 e. The van der Waals surface area contributed by atoms with Crippen LogP contribution in [0.15, 0.2) is 10.5 Å². The van der Waals surface area contributed by atoms with E-state index in [1.807, 2.05) is 0 Å². The summed E-state index contributed by atoms with van der Waals surface area (Å²) in [6.45, 7) is 3.49. The second-order valence-corrected chi connectivity index (χ2v) is 7.81. The van der Waals surface area contributed by atoms with E-state index in [9.17, 15) is 0 Å². The Labute approximate surface area is 126 Å². The third-order valence-corrected chi connectivity index (χ3v) is 6.49. The Hall–Kier alpha value is 0.390. The van der Waals surface area contributed by atoms with Crippen LogP contribution in [0.25, 0.3) is 0 Å². The highest BCUT2D eigenvalue weighted by molar-refractivity contribution is 9.10. The maximum Gasteiger partial charge on any atom is 0.107 e. The van der Waals surface area contributed by atoms with E-state index in [0.29, 0.717) is 6.04 Å². The van der Waals surface area contributed by atoms with Crippen molar-refractivity contribution in [3.05, 3.63) is 19.8 Å². The summed E-state index contributed by atoms with van der Waals surface area (Å²) in [6, 6.07) is 3.61. The van der Waals surface area contributed by atoms with Crippen LogP contribution in [0.2, 0.25) is 4.34 Å². The molecule has 2 aliphatic heterocycles. The molecule has 18 heavy (non-hydrogen) atoms. The average molecular weight is 350 g/mol. The van der Waals surface area contributed by atoms with E-state index in [2.05, 4.69) is 32.2 Å². The minimum absolute atomic E-state index is 0.714. The van der Waals surface area contributed by atoms with Gasteiger partial charge in [0.15, 0.2) is 0 Å². The van der Waals surface area contributed by atoms with Crippen LogP contribution in [-0.2, 0) is 6.54 Å². The Morgan fingerprint density at radius 1 is 1.44 bits per heavy atom. The summed E-state index contributed by atoms with van der Waals surface area (Å²) in [4.78, 5) is 4.01. The molecule has 5 heteroatoms. The zero-order valence-electron chi connectivity index (χ0n) is 10.3. The molecule has 0 saturated carbocycles. The van der Waals surface area contributed by atoms with E-state index in [-0.39, 0.29) is 0 Å². The largest absolute Gasteiger partial charge is 0.312 e. The number of rotatable bonds is 3. The summed E-state index contributed by atoms with van der Waals surface area (Å²) in [5.74, 6) is 0. The Morgan fingerprint density at radius 3 is 3.00 bits per heavy atom. The Balaban J connectivity index is 1.67. The van der Waals surface area contributed by atoms with Gasteiger partial charge < -0.3 is 5.32 Å². The van der Waals surface area contributed by atoms with Gasteiger partial charge in [-0.25, -0.2) is 0 Å². The summed E-state index contributed by atoms with van der Waals surface area (Å²) >= 11 is 11.3. The molecule has 0 aliphatic carbocycles. The topological polar surface area (TPSA) is 15.3 Å². The Kier molecular flexibility index (Phi) is 4.31. The number of thiophene rings is 1. The van der Waals surface area contributed by atoms with Crippen LogP contribution in [0, 0.1) is 0 Å². The third-order valence-electron chi connectivity index (χ3n) is 4.03. The van der Waals surface area contributed by atoms with Crippen molar-refractivity contribution in [2.75, 3.05) is 13.1 Å². The maximum atomic E-state index is 6.12. The monoisotopic (exact) mass is 348 g/mol. The molecule has 1 aromatic heterocycles. The van der Waals surface area contributed by atoms with Crippen molar-refractivity contribution in [1.82, 2.24) is 10.2 Å². The van der Waals surface area contributed by atoms with E-state index >= 15 is 0 Å². The van der Waals surface area contributed by atoms with Crippen LogP contribution in [0.3, 0.4) is 0 Å². The quantitative estimate of drug-likeness (QED) is 0.891. The lowest BCUT2D eigenvalue weighted by atomic mass is 10.0. The van der Waals surface area contributed by atoms with Crippen LogP contribution in [0.4, 0.5) is 0 Å². The lowest BCUT2D eigenvalue weighted by Crippen LogP contribution is -2.43. The fourth-order valence-corrected chi connectivity index (χ4v) is 5.03. The van der Waals surface area contributed by atoms with Gasteiger partial charge in [0, 0.05) is 28.0 Å². The second kappa shape index (κ2) is 5.80. The summed E-state index contributed by atoms with van der Waals surface area (Å²) in [7, 11) is 0. The van der Waals surface area contributed by atoms with Crippen molar-refractivity contribution in [2.24, 2.45) is 0 Å². The van der Waals surface area contributed by atoms with Gasteiger partial charge >= 0.3 is 0 Å². The molecule has 2 unspecified atom stereocenters. The molecule has 3 rings (SSSR count). The van der Waals surface area contributed by atoms with Crippen LogP contribution < -0.4 is 5.32 Å². The molecule has 2 nitrogen and oxygen atoms in total. The molecule has 0 amide bonds. The first-order valence-corrected chi connectivity index (χ1v) is 8.64. The average Bonchev–Trinajstić information content (AvgIpc) is 3.01. The van der Waals surface area contributed by atoms with Gasteiger partial charge in [-0.1, -0.05) is 11.6 Å². The predicted molar refractivity (Wildman–Crippen MR) is 81.5 cm³/mol. The Bertz CT molecular complexity index is 398. The molecule has 3 heterocycles. The summed E-state index contributed by atoms with van der Waals surface area (Å²) in [6.07, 6.45) is 5.36. The molecule has 2 aliphatic rings. The van der Waals surface area contributed by atoms with Gasteiger partial charge in [-0.05, 0) is 60.8 Å². The van der Waals surface area contributed by atoms with Crippen LogP contribution in [0.1, 0.15) is 30.6 Å². The minimum Gasteiger partial charge on any atom is -0.312 e. The van der Waals surface area contributed by atoms with Crippen molar-refractivity contribution in [3.63, 3.8) is 0 Å². The molecule has 0 aromatic carbocycles. The normalized spacial score (nSPS) is 29.2. The highest BCUT2D eigenvalue weighted by Crippen LogP contribution is 2.34. The van der Waals surface area contributed by atoms with E-state index < -0.39 is 0 Å². The van der Waals surface area contributed by atoms with E-state index in [1.165, 1.54) is 43.6 Å². The summed E-state index contributed by atoms with van der Waals surface area (Å²) in [5.41, 5.74) is 0. The molecule has 0 radical (unpaired) electrons. The third kappa shape index (κ3) is 2.78. The SMILES string of the molecule is Clc1sc(CN2CCCC2C2CCCN2)cc1Br. The van der Waals surface area contributed by atoms with Gasteiger partial charge in [-0.15, -0.1) is 11.3 Å². The van der Waals surface area contributed by atoms with E-state index in [1.54, 1.807) is 11.3 Å². The fourth-order valence-electron chi connectivity index (χ4n) is 3.21. The number of hydrogen-bond donors (Lipinski definition) is 1. The molecule has 2 saturated heterocycles. The summed E-state index contributed by atoms with van der Waals surface area (Å²) in [5, 5.41) is 3.66. The number of nitrogens with one attached hydrogen (secondary N) is 1. The van der Waals surface area contributed by atoms with E-state index in [4.69, 9.17) is 11.6 Å². The van der Waals surface area contributed by atoms with Gasteiger partial charge in [-0.2, -0.15) is 0 Å². The number of hydrogen-bond acceptors (Lipinski definition) is 3. The van der Waals surface area contributed by atoms with Gasteiger partial charge in [0.2, 0.25) is 0 Å². The summed E-state index contributed by atoms with van der Waals surface area (Å²) < 4.78 is 1.92. The number of likely N-dealkylation sites (tertiary alicyclic amines) is 1. The predicted octanol–water partition coefficient (Wildman–Crippen LogP) is 3.88. The van der Waals surface area contributed by atoms with Gasteiger partial charge in [-0.3, -0.25) is 4.90 Å². The number of halogens is 2. The minimum atomic E-state index is 0.714. The molecule has 100 valence electrons. The molecule has 2 atom stereocenters. The van der Waals surface area contributed by atoms with Gasteiger partial charge in [0.1, 0.15) is 4.34 Å². The van der Waals surface area contributed by atoms with Crippen molar-refractivity contribution in [2.45, 2.75) is 44.3 Å². The van der Waals surface area contributed by atoms with Crippen molar-refractivity contribution in [3.8, 4) is 0 Å². The van der Waals surface area contributed by atoms with Crippen molar-refractivity contribution >= 4 is 38.9 Å². The van der Waals surface area contributed by atoms with E-state index in [0.717, 1.165) is 21.4 Å². The standard InChI is InChI=1S/C13H18BrClN2S/c14-10-7-9(18-13(10)15)8-17-6-2-4-12(17)11-3-1-5-16-11/h7,11-12,16H,1-6,8H2. The first-order valence-electron chi connectivity index (χ1n) is 6.65. The lowest BCUT2D eigenvalue weighted by Gasteiger charge is -2.29. The zero-order valence-corrected chi connectivity index (χ0v) is 13.5. The molecule has 0 spiro atoms. The maximum absolute atomic E-state index is 6.12. The highest BCUT2D eigenvalue weighted by atomic mass is 79.9. The molecule has 0 bridgehead atoms. The van der Waals surface area contributed by atoms with Crippen LogP contribution >= 0.6 is 38.9 Å². The first kappa shape index (κ1) is 13.4. The molecule has 2 fully saturated rings. The fraction of sp³-hybridized carbons (Fsp3) is 0.692.